The summed E-state index contributed by atoms with van der Waals surface area (Å²) in [6, 6.07) is 10.2. The Hall–Kier alpha value is -1.99. The number of nitrogens with one attached hydrogen (secondary N) is 1. The average molecular weight is 351 g/mol. The van der Waals surface area contributed by atoms with Crippen molar-refractivity contribution in [3.8, 4) is 0 Å². The fourth-order valence-electron chi connectivity index (χ4n) is 1.99. The lowest BCUT2D eigenvalue weighted by Gasteiger charge is -2.12. The highest BCUT2D eigenvalue weighted by molar-refractivity contribution is 7.84. The van der Waals surface area contributed by atoms with Crippen LogP contribution in [0.1, 0.15) is 28.2 Å². The van der Waals surface area contributed by atoms with Gasteiger partial charge >= 0.3 is 5.97 Å². The van der Waals surface area contributed by atoms with E-state index in [2.05, 4.69) is 5.32 Å². The van der Waals surface area contributed by atoms with Crippen molar-refractivity contribution in [2.24, 2.45) is 0 Å². The fourth-order valence-corrected chi connectivity index (χ4v) is 3.45. The molecule has 0 saturated carbocycles. The number of carbonyl (C=O) groups excluding carboxylic acids is 2. The minimum Gasteiger partial charge on any atom is -0.452 e. The van der Waals surface area contributed by atoms with Crippen molar-refractivity contribution in [2.45, 2.75) is 17.9 Å². The summed E-state index contributed by atoms with van der Waals surface area (Å²) in [6.45, 7) is 1.49. The molecule has 1 aromatic carbocycles. The minimum absolute atomic E-state index is 0.142. The van der Waals surface area contributed by atoms with Crippen LogP contribution in [0, 0.1) is 0 Å². The van der Waals surface area contributed by atoms with Gasteiger partial charge in [-0.1, -0.05) is 18.2 Å². The van der Waals surface area contributed by atoms with Gasteiger partial charge in [-0.15, -0.1) is 11.3 Å². The summed E-state index contributed by atoms with van der Waals surface area (Å²) in [5, 5.41) is 4.69. The van der Waals surface area contributed by atoms with Crippen LogP contribution in [0.15, 0.2) is 46.7 Å². The molecule has 1 aromatic heterocycles. The van der Waals surface area contributed by atoms with Crippen LogP contribution in [0.4, 0.5) is 0 Å². The standard InChI is InChI=1S/C16H17NO4S2/c1-11(13-7-5-9-22-13)17-15(18)10-21-16(19)12-6-3-4-8-14(12)23(2)20/h3-9,11H,10H2,1-2H3,(H,17,18)/t11-,23+/m0/s1. The first-order valence-corrected chi connectivity index (χ1v) is 9.35. The summed E-state index contributed by atoms with van der Waals surface area (Å²) in [6.07, 6.45) is 1.49. The molecule has 0 radical (unpaired) electrons. The number of hydrogen-bond donors (Lipinski definition) is 1. The van der Waals surface area contributed by atoms with Gasteiger partial charge < -0.3 is 10.1 Å². The molecular weight excluding hydrogens is 334 g/mol. The van der Waals surface area contributed by atoms with Gasteiger partial charge in [-0.25, -0.2) is 4.79 Å². The van der Waals surface area contributed by atoms with E-state index in [0.29, 0.717) is 4.90 Å². The number of esters is 1. The SMILES string of the molecule is C[C@H](NC(=O)COC(=O)c1ccccc1[S@@](C)=O)c1cccs1. The van der Waals surface area contributed by atoms with Gasteiger partial charge in [0.05, 0.1) is 27.3 Å². The highest BCUT2D eigenvalue weighted by Gasteiger charge is 2.17. The number of amides is 1. The Morgan fingerprint density at radius 3 is 2.65 bits per heavy atom. The van der Waals surface area contributed by atoms with E-state index >= 15 is 0 Å². The molecule has 1 amide bonds. The maximum absolute atomic E-state index is 12.1. The molecule has 0 unspecified atom stereocenters. The van der Waals surface area contributed by atoms with Crippen LogP contribution in [0.25, 0.3) is 0 Å². The lowest BCUT2D eigenvalue weighted by atomic mass is 10.2. The van der Waals surface area contributed by atoms with Crippen LogP contribution in [-0.2, 0) is 20.3 Å². The Kier molecular flexibility index (Phi) is 6.06. The first kappa shape index (κ1) is 17.4. The van der Waals surface area contributed by atoms with E-state index < -0.39 is 16.8 Å². The molecule has 2 aromatic rings. The third-order valence-corrected chi connectivity index (χ3v) is 5.13. The lowest BCUT2D eigenvalue weighted by molar-refractivity contribution is -0.124. The Balaban J connectivity index is 1.92. The number of benzene rings is 1. The second kappa shape index (κ2) is 8.03. The molecule has 0 spiro atoms. The number of hydrogen-bond acceptors (Lipinski definition) is 5. The van der Waals surface area contributed by atoms with Crippen molar-refractivity contribution in [1.82, 2.24) is 5.32 Å². The van der Waals surface area contributed by atoms with Gasteiger partial charge in [-0.05, 0) is 30.5 Å². The van der Waals surface area contributed by atoms with Crippen LogP contribution in [-0.4, -0.2) is 28.9 Å². The third-order valence-electron chi connectivity index (χ3n) is 3.10. The Labute approximate surface area is 141 Å². The van der Waals surface area contributed by atoms with E-state index in [1.54, 1.807) is 29.5 Å². The zero-order chi connectivity index (χ0) is 16.8. The average Bonchev–Trinajstić information content (AvgIpc) is 3.07. The van der Waals surface area contributed by atoms with Gasteiger partial charge in [0.1, 0.15) is 0 Å². The van der Waals surface area contributed by atoms with E-state index in [9.17, 15) is 13.8 Å². The highest BCUT2D eigenvalue weighted by atomic mass is 32.2. The molecule has 1 heterocycles. The molecule has 0 bridgehead atoms. The second-order valence-electron chi connectivity index (χ2n) is 4.83. The zero-order valence-corrected chi connectivity index (χ0v) is 14.4. The summed E-state index contributed by atoms with van der Waals surface area (Å²) in [7, 11) is -1.30. The Morgan fingerprint density at radius 2 is 2.00 bits per heavy atom. The van der Waals surface area contributed by atoms with Crippen molar-refractivity contribution >= 4 is 34.0 Å². The zero-order valence-electron chi connectivity index (χ0n) is 12.8. The van der Waals surface area contributed by atoms with Gasteiger partial charge in [0.15, 0.2) is 6.61 Å². The van der Waals surface area contributed by atoms with Crippen molar-refractivity contribution in [3.63, 3.8) is 0 Å². The molecule has 0 saturated heterocycles. The molecule has 2 rings (SSSR count). The molecular formula is C16H17NO4S2. The number of ether oxygens (including phenoxy) is 1. The van der Waals surface area contributed by atoms with E-state index in [0.717, 1.165) is 4.88 Å². The van der Waals surface area contributed by atoms with Crippen LogP contribution in [0.3, 0.4) is 0 Å². The van der Waals surface area contributed by atoms with Gasteiger partial charge in [0.2, 0.25) is 0 Å². The number of thiophene rings is 1. The van der Waals surface area contributed by atoms with Crippen molar-refractivity contribution in [2.75, 3.05) is 12.9 Å². The summed E-state index contributed by atoms with van der Waals surface area (Å²) in [5.41, 5.74) is 0.215. The van der Waals surface area contributed by atoms with E-state index in [1.807, 2.05) is 24.4 Å². The smallest absolute Gasteiger partial charge is 0.339 e. The predicted molar refractivity (Wildman–Crippen MR) is 89.9 cm³/mol. The molecule has 0 aliphatic heterocycles. The molecule has 23 heavy (non-hydrogen) atoms. The van der Waals surface area contributed by atoms with E-state index in [4.69, 9.17) is 4.74 Å². The van der Waals surface area contributed by atoms with Crippen molar-refractivity contribution in [3.05, 3.63) is 52.2 Å². The summed E-state index contributed by atoms with van der Waals surface area (Å²) >= 11 is 1.54. The summed E-state index contributed by atoms with van der Waals surface area (Å²) < 4.78 is 16.6. The Morgan fingerprint density at radius 1 is 1.26 bits per heavy atom. The highest BCUT2D eigenvalue weighted by Crippen LogP contribution is 2.18. The first-order valence-electron chi connectivity index (χ1n) is 6.91. The van der Waals surface area contributed by atoms with E-state index in [1.165, 1.54) is 12.3 Å². The van der Waals surface area contributed by atoms with Crippen LogP contribution in [0.2, 0.25) is 0 Å². The maximum atomic E-state index is 12.1. The lowest BCUT2D eigenvalue weighted by Crippen LogP contribution is -2.30. The molecule has 0 aliphatic carbocycles. The summed E-state index contributed by atoms with van der Waals surface area (Å²) in [4.78, 5) is 25.3. The van der Waals surface area contributed by atoms with Gasteiger partial charge in [-0.3, -0.25) is 9.00 Å². The predicted octanol–water partition coefficient (Wildman–Crippen LogP) is 2.52. The first-order chi connectivity index (χ1) is 11.0. The van der Waals surface area contributed by atoms with E-state index in [-0.39, 0.29) is 24.1 Å². The topological polar surface area (TPSA) is 72.5 Å². The Bertz CT molecular complexity index is 713. The maximum Gasteiger partial charge on any atom is 0.339 e. The van der Waals surface area contributed by atoms with Crippen molar-refractivity contribution in [1.29, 1.82) is 0 Å². The fraction of sp³-hybridized carbons (Fsp3) is 0.250. The van der Waals surface area contributed by atoms with Gasteiger partial charge in [-0.2, -0.15) is 0 Å². The molecule has 122 valence electrons. The molecule has 2 atom stereocenters. The van der Waals surface area contributed by atoms with Crippen LogP contribution in [0.5, 0.6) is 0 Å². The number of rotatable bonds is 6. The van der Waals surface area contributed by atoms with Crippen molar-refractivity contribution < 1.29 is 18.5 Å². The van der Waals surface area contributed by atoms with Gasteiger partial charge in [0, 0.05) is 11.1 Å². The van der Waals surface area contributed by atoms with Crippen LogP contribution >= 0.6 is 11.3 Å². The molecule has 7 heteroatoms. The largest absolute Gasteiger partial charge is 0.452 e. The minimum atomic E-state index is -1.30. The monoisotopic (exact) mass is 351 g/mol. The molecule has 1 N–H and O–H groups in total. The normalized spacial score (nSPS) is 13.1. The van der Waals surface area contributed by atoms with Crippen LogP contribution < -0.4 is 5.32 Å². The molecule has 0 fully saturated rings. The molecule has 5 nitrogen and oxygen atoms in total. The quantitative estimate of drug-likeness (QED) is 0.812. The van der Waals surface area contributed by atoms with Gasteiger partial charge in [0.25, 0.3) is 5.91 Å². The number of carbonyl (C=O) groups is 2. The molecule has 0 aliphatic rings. The second-order valence-corrected chi connectivity index (χ2v) is 7.16. The third kappa shape index (κ3) is 4.74. The summed E-state index contributed by atoms with van der Waals surface area (Å²) in [5.74, 6) is -1.04.